The SMILES string of the molecule is Cc1ccc(Nc2nn(CN(C)Cc3ccccc3)c(=S)s2)cc1. The van der Waals surface area contributed by atoms with E-state index in [1.54, 1.807) is 0 Å². The van der Waals surface area contributed by atoms with Gasteiger partial charge in [-0.3, -0.25) is 4.90 Å². The minimum absolute atomic E-state index is 0.666. The number of anilines is 2. The van der Waals surface area contributed by atoms with Crippen molar-refractivity contribution in [1.29, 1.82) is 0 Å². The maximum atomic E-state index is 5.45. The fourth-order valence-corrected chi connectivity index (χ4v) is 3.39. The number of aryl methyl sites for hydroxylation is 1. The van der Waals surface area contributed by atoms with Crippen molar-refractivity contribution in [3.8, 4) is 0 Å². The van der Waals surface area contributed by atoms with Gasteiger partial charge in [0.1, 0.15) is 0 Å². The van der Waals surface area contributed by atoms with Crippen molar-refractivity contribution in [2.75, 3.05) is 12.4 Å². The summed E-state index contributed by atoms with van der Waals surface area (Å²) in [5, 5.41) is 8.72. The first-order valence-corrected chi connectivity index (χ1v) is 8.97. The molecule has 3 rings (SSSR count). The molecule has 1 heterocycles. The lowest BCUT2D eigenvalue weighted by Gasteiger charge is -2.16. The minimum Gasteiger partial charge on any atom is -0.330 e. The molecule has 0 aliphatic rings. The molecule has 0 saturated heterocycles. The third-order valence-electron chi connectivity index (χ3n) is 3.58. The Hall–Kier alpha value is -2.02. The van der Waals surface area contributed by atoms with E-state index in [-0.39, 0.29) is 0 Å². The molecule has 0 fully saturated rings. The molecule has 0 atom stereocenters. The molecular weight excluding hydrogens is 336 g/mol. The zero-order valence-corrected chi connectivity index (χ0v) is 15.4. The Balaban J connectivity index is 1.65. The van der Waals surface area contributed by atoms with E-state index in [1.165, 1.54) is 22.5 Å². The average molecular weight is 357 g/mol. The number of rotatable bonds is 6. The summed E-state index contributed by atoms with van der Waals surface area (Å²) in [5.74, 6) is 0. The lowest BCUT2D eigenvalue weighted by molar-refractivity contribution is 0.245. The number of aromatic nitrogens is 2. The maximum absolute atomic E-state index is 5.45. The lowest BCUT2D eigenvalue weighted by atomic mass is 10.2. The highest BCUT2D eigenvalue weighted by Gasteiger charge is 2.07. The van der Waals surface area contributed by atoms with Crippen LogP contribution in [0.5, 0.6) is 0 Å². The molecule has 2 aromatic carbocycles. The molecule has 6 heteroatoms. The van der Waals surface area contributed by atoms with E-state index in [0.29, 0.717) is 6.67 Å². The average Bonchev–Trinajstić information content (AvgIpc) is 2.90. The van der Waals surface area contributed by atoms with Crippen LogP contribution in [0.2, 0.25) is 0 Å². The molecule has 0 amide bonds. The van der Waals surface area contributed by atoms with Crippen molar-refractivity contribution in [3.05, 3.63) is 69.7 Å². The summed E-state index contributed by atoms with van der Waals surface area (Å²) >= 11 is 6.94. The van der Waals surface area contributed by atoms with Crippen molar-refractivity contribution in [2.24, 2.45) is 0 Å². The Bertz CT molecular complexity index is 837. The molecule has 0 unspecified atom stereocenters. The number of benzene rings is 2. The van der Waals surface area contributed by atoms with Crippen molar-refractivity contribution in [3.63, 3.8) is 0 Å². The van der Waals surface area contributed by atoms with Crippen LogP contribution in [0.1, 0.15) is 11.1 Å². The Kier molecular flexibility index (Phi) is 5.40. The quantitative estimate of drug-likeness (QED) is 0.642. The maximum Gasteiger partial charge on any atom is 0.209 e. The Labute approximate surface area is 151 Å². The first-order chi connectivity index (χ1) is 11.6. The predicted molar refractivity (Wildman–Crippen MR) is 103 cm³/mol. The molecular formula is C18H20N4S2. The van der Waals surface area contributed by atoms with E-state index in [9.17, 15) is 0 Å². The Morgan fingerprint density at radius 2 is 1.83 bits per heavy atom. The largest absolute Gasteiger partial charge is 0.330 e. The Morgan fingerprint density at radius 3 is 2.54 bits per heavy atom. The third-order valence-corrected chi connectivity index (χ3v) is 4.80. The zero-order chi connectivity index (χ0) is 16.9. The van der Waals surface area contributed by atoms with Crippen LogP contribution in [0.3, 0.4) is 0 Å². The van der Waals surface area contributed by atoms with Crippen molar-refractivity contribution in [2.45, 2.75) is 20.1 Å². The van der Waals surface area contributed by atoms with Crippen molar-refractivity contribution < 1.29 is 0 Å². The van der Waals surface area contributed by atoms with E-state index in [0.717, 1.165) is 21.3 Å². The summed E-state index contributed by atoms with van der Waals surface area (Å²) in [5.41, 5.74) is 3.54. The van der Waals surface area contributed by atoms with E-state index in [2.05, 4.69) is 65.7 Å². The first kappa shape index (κ1) is 16.8. The summed E-state index contributed by atoms with van der Waals surface area (Å²) in [7, 11) is 2.07. The van der Waals surface area contributed by atoms with Gasteiger partial charge in [-0.05, 0) is 43.9 Å². The van der Waals surface area contributed by atoms with Gasteiger partial charge in [-0.15, -0.1) is 5.10 Å². The third kappa shape index (κ3) is 4.50. The summed E-state index contributed by atoms with van der Waals surface area (Å²) in [6, 6.07) is 18.6. The monoisotopic (exact) mass is 356 g/mol. The molecule has 0 radical (unpaired) electrons. The molecule has 0 aliphatic heterocycles. The highest BCUT2D eigenvalue weighted by Crippen LogP contribution is 2.21. The predicted octanol–water partition coefficient (Wildman–Crippen LogP) is 4.82. The van der Waals surface area contributed by atoms with Crippen LogP contribution in [0, 0.1) is 10.9 Å². The molecule has 0 saturated carbocycles. The van der Waals surface area contributed by atoms with Gasteiger partial charge in [0.15, 0.2) is 3.95 Å². The molecule has 4 nitrogen and oxygen atoms in total. The molecule has 1 aromatic heterocycles. The van der Waals surface area contributed by atoms with E-state index >= 15 is 0 Å². The second kappa shape index (κ2) is 7.70. The number of hydrogen-bond acceptors (Lipinski definition) is 5. The summed E-state index contributed by atoms with van der Waals surface area (Å²) < 4.78 is 2.63. The van der Waals surface area contributed by atoms with Gasteiger partial charge in [0, 0.05) is 12.2 Å². The summed E-state index contributed by atoms with van der Waals surface area (Å²) in [4.78, 5) is 2.19. The number of hydrogen-bond donors (Lipinski definition) is 1. The molecule has 124 valence electrons. The fourth-order valence-electron chi connectivity index (χ4n) is 2.38. The smallest absolute Gasteiger partial charge is 0.209 e. The van der Waals surface area contributed by atoms with Gasteiger partial charge in [0.25, 0.3) is 0 Å². The van der Waals surface area contributed by atoms with E-state index < -0.39 is 0 Å². The molecule has 1 N–H and O–H groups in total. The van der Waals surface area contributed by atoms with Crippen LogP contribution < -0.4 is 5.32 Å². The highest BCUT2D eigenvalue weighted by atomic mass is 32.1. The van der Waals surface area contributed by atoms with E-state index in [4.69, 9.17) is 12.2 Å². The molecule has 24 heavy (non-hydrogen) atoms. The minimum atomic E-state index is 0.666. The van der Waals surface area contributed by atoms with Crippen LogP contribution in [-0.2, 0) is 13.2 Å². The normalized spacial score (nSPS) is 11.0. The van der Waals surface area contributed by atoms with Gasteiger partial charge in [0.05, 0.1) is 6.67 Å². The van der Waals surface area contributed by atoms with Crippen LogP contribution in [0.25, 0.3) is 0 Å². The van der Waals surface area contributed by atoms with Gasteiger partial charge in [-0.25, -0.2) is 4.68 Å². The van der Waals surface area contributed by atoms with Crippen molar-refractivity contribution >= 4 is 34.4 Å². The van der Waals surface area contributed by atoms with Crippen molar-refractivity contribution in [1.82, 2.24) is 14.7 Å². The highest BCUT2D eigenvalue weighted by molar-refractivity contribution is 7.73. The fraction of sp³-hybridized carbons (Fsp3) is 0.222. The number of nitrogens with one attached hydrogen (secondary N) is 1. The molecule has 3 aromatic rings. The summed E-state index contributed by atoms with van der Waals surface area (Å²) in [6.45, 7) is 3.60. The standard InChI is InChI=1S/C18H20N4S2/c1-14-8-10-16(11-9-14)19-17-20-22(18(23)24-17)13-21(2)12-15-6-4-3-5-7-15/h3-11H,12-13H2,1-2H3,(H,19,20). The van der Waals surface area contributed by atoms with Gasteiger partial charge in [0.2, 0.25) is 5.13 Å². The van der Waals surface area contributed by atoms with Crippen LogP contribution in [-0.4, -0.2) is 21.7 Å². The molecule has 0 bridgehead atoms. The Morgan fingerprint density at radius 1 is 1.12 bits per heavy atom. The van der Waals surface area contributed by atoms with Crippen LogP contribution in [0.4, 0.5) is 10.8 Å². The first-order valence-electron chi connectivity index (χ1n) is 7.74. The topological polar surface area (TPSA) is 33.1 Å². The zero-order valence-electron chi connectivity index (χ0n) is 13.8. The van der Waals surface area contributed by atoms with Crippen LogP contribution >= 0.6 is 23.6 Å². The van der Waals surface area contributed by atoms with Gasteiger partial charge < -0.3 is 5.32 Å². The molecule has 0 spiro atoms. The summed E-state index contributed by atoms with van der Waals surface area (Å²) in [6.07, 6.45) is 0. The lowest BCUT2D eigenvalue weighted by Crippen LogP contribution is -2.22. The number of nitrogens with zero attached hydrogens (tertiary/aromatic N) is 3. The second-order valence-electron chi connectivity index (χ2n) is 5.80. The molecule has 0 aliphatic carbocycles. The van der Waals surface area contributed by atoms with E-state index in [1.807, 2.05) is 22.9 Å². The van der Waals surface area contributed by atoms with Gasteiger partial charge in [-0.2, -0.15) is 0 Å². The van der Waals surface area contributed by atoms with Gasteiger partial charge >= 0.3 is 0 Å². The van der Waals surface area contributed by atoms with Crippen LogP contribution in [0.15, 0.2) is 54.6 Å². The van der Waals surface area contributed by atoms with Gasteiger partial charge in [-0.1, -0.05) is 59.4 Å². The second-order valence-corrected chi connectivity index (χ2v) is 7.43.